The second-order valence-corrected chi connectivity index (χ2v) is 5.94. The maximum Gasteiger partial charge on any atom is 0.387 e. The van der Waals surface area contributed by atoms with Crippen LogP contribution in [-0.2, 0) is 9.53 Å². The van der Waals surface area contributed by atoms with E-state index in [-0.39, 0.29) is 11.4 Å². The summed E-state index contributed by atoms with van der Waals surface area (Å²) in [5, 5.41) is 2.38. The van der Waals surface area contributed by atoms with E-state index in [0.29, 0.717) is 5.56 Å². The highest BCUT2D eigenvalue weighted by molar-refractivity contribution is 5.96. The molecule has 29 heavy (non-hydrogen) atoms. The molecule has 3 aromatic rings. The first-order valence-corrected chi connectivity index (χ1v) is 8.69. The van der Waals surface area contributed by atoms with E-state index in [1.807, 2.05) is 30.3 Å². The Morgan fingerprint density at radius 1 is 0.828 bits per heavy atom. The van der Waals surface area contributed by atoms with E-state index in [1.54, 1.807) is 30.3 Å². The molecule has 0 aliphatic carbocycles. The Morgan fingerprint density at radius 2 is 1.45 bits per heavy atom. The van der Waals surface area contributed by atoms with Crippen LogP contribution in [0.1, 0.15) is 10.4 Å². The van der Waals surface area contributed by atoms with Crippen molar-refractivity contribution in [2.24, 2.45) is 0 Å². The van der Waals surface area contributed by atoms with Gasteiger partial charge in [-0.25, -0.2) is 4.79 Å². The van der Waals surface area contributed by atoms with Crippen molar-refractivity contribution in [3.63, 3.8) is 0 Å². The number of hydrogen-bond donors (Lipinski definition) is 1. The Kier molecular flexibility index (Phi) is 6.52. The molecule has 148 valence electrons. The lowest BCUT2D eigenvalue weighted by atomic mass is 10.0. The smallest absolute Gasteiger partial charge is 0.387 e. The molecular weight excluding hydrogens is 380 g/mol. The summed E-state index contributed by atoms with van der Waals surface area (Å²) in [6.45, 7) is -3.59. The van der Waals surface area contributed by atoms with Crippen LogP contribution in [0.4, 0.5) is 14.5 Å². The van der Waals surface area contributed by atoms with Gasteiger partial charge in [0.15, 0.2) is 6.61 Å². The summed E-state index contributed by atoms with van der Waals surface area (Å²) in [7, 11) is 0. The number of alkyl halides is 2. The van der Waals surface area contributed by atoms with Crippen LogP contribution in [0.5, 0.6) is 5.75 Å². The Balaban J connectivity index is 1.56. The summed E-state index contributed by atoms with van der Waals surface area (Å²) in [5.74, 6) is -1.53. The molecule has 0 radical (unpaired) electrons. The first kappa shape index (κ1) is 20.0. The van der Waals surface area contributed by atoms with Crippen molar-refractivity contribution in [1.82, 2.24) is 0 Å². The summed E-state index contributed by atoms with van der Waals surface area (Å²) < 4.78 is 34.1. The van der Waals surface area contributed by atoms with Crippen molar-refractivity contribution >= 4 is 17.6 Å². The van der Waals surface area contributed by atoms with Crippen LogP contribution < -0.4 is 10.1 Å². The highest BCUT2D eigenvalue weighted by Gasteiger charge is 2.14. The fourth-order valence-corrected chi connectivity index (χ4v) is 2.60. The lowest BCUT2D eigenvalue weighted by Crippen LogP contribution is -2.21. The Bertz CT molecular complexity index is 976. The molecule has 0 aliphatic rings. The number of rotatable bonds is 7. The number of carbonyl (C=O) groups excluding carboxylic acids is 2. The minimum Gasteiger partial charge on any atom is -0.452 e. The zero-order valence-electron chi connectivity index (χ0n) is 15.2. The first-order chi connectivity index (χ1) is 14.0. The van der Waals surface area contributed by atoms with Crippen LogP contribution >= 0.6 is 0 Å². The molecule has 0 fully saturated rings. The molecule has 1 amide bonds. The van der Waals surface area contributed by atoms with Gasteiger partial charge in [0.05, 0.1) is 11.3 Å². The molecule has 0 bridgehead atoms. The number of benzene rings is 3. The minimum atomic E-state index is -3.02. The van der Waals surface area contributed by atoms with Gasteiger partial charge in [-0.2, -0.15) is 8.78 Å². The van der Waals surface area contributed by atoms with Crippen molar-refractivity contribution in [3.8, 4) is 16.9 Å². The van der Waals surface area contributed by atoms with E-state index in [4.69, 9.17) is 4.74 Å². The van der Waals surface area contributed by atoms with Crippen LogP contribution in [0.25, 0.3) is 11.1 Å². The Hall–Kier alpha value is -3.74. The molecule has 0 aromatic heterocycles. The van der Waals surface area contributed by atoms with Crippen molar-refractivity contribution in [1.29, 1.82) is 0 Å². The summed E-state index contributed by atoms with van der Waals surface area (Å²) >= 11 is 0. The summed E-state index contributed by atoms with van der Waals surface area (Å²) in [6.07, 6.45) is 0. The topological polar surface area (TPSA) is 64.6 Å². The summed E-state index contributed by atoms with van der Waals surface area (Å²) in [6, 6.07) is 22.2. The molecular formula is C22H17F2NO4. The lowest BCUT2D eigenvalue weighted by molar-refractivity contribution is -0.119. The maximum absolute atomic E-state index is 12.4. The average Bonchev–Trinajstić information content (AvgIpc) is 2.74. The molecule has 0 saturated carbocycles. The molecule has 0 unspecified atom stereocenters. The Morgan fingerprint density at radius 3 is 2.14 bits per heavy atom. The monoisotopic (exact) mass is 397 g/mol. The molecule has 3 rings (SSSR count). The number of halogens is 2. The third kappa shape index (κ3) is 5.62. The Labute approximate surface area is 165 Å². The number of hydrogen-bond acceptors (Lipinski definition) is 4. The molecule has 5 nitrogen and oxygen atoms in total. The molecule has 3 aromatic carbocycles. The standard InChI is InChI=1S/C22H17F2NO4/c23-22(24)29-19-9-5-4-8-18(19)25-20(26)14-28-21(27)17-12-10-16(11-13-17)15-6-2-1-3-7-15/h1-13,22H,14H2,(H,25,26). The van der Waals surface area contributed by atoms with E-state index in [2.05, 4.69) is 10.1 Å². The van der Waals surface area contributed by atoms with E-state index in [1.165, 1.54) is 18.2 Å². The number of esters is 1. The zero-order chi connectivity index (χ0) is 20.6. The quantitative estimate of drug-likeness (QED) is 0.585. The van der Waals surface area contributed by atoms with Crippen LogP contribution in [0.2, 0.25) is 0 Å². The van der Waals surface area contributed by atoms with Crippen molar-refractivity contribution < 1.29 is 27.8 Å². The van der Waals surface area contributed by atoms with E-state index < -0.39 is 25.1 Å². The van der Waals surface area contributed by atoms with E-state index >= 15 is 0 Å². The van der Waals surface area contributed by atoms with Gasteiger partial charge in [0.2, 0.25) is 0 Å². The molecule has 0 aliphatic heterocycles. The van der Waals surface area contributed by atoms with Crippen molar-refractivity contribution in [2.75, 3.05) is 11.9 Å². The predicted molar refractivity (Wildman–Crippen MR) is 104 cm³/mol. The number of amides is 1. The second kappa shape index (κ2) is 9.45. The number of anilines is 1. The van der Waals surface area contributed by atoms with Gasteiger partial charge in [0, 0.05) is 0 Å². The lowest BCUT2D eigenvalue weighted by Gasteiger charge is -2.11. The summed E-state index contributed by atoms with van der Waals surface area (Å²) in [5.41, 5.74) is 2.30. The van der Waals surface area contributed by atoms with Gasteiger partial charge >= 0.3 is 12.6 Å². The third-order valence-corrected chi connectivity index (χ3v) is 3.94. The third-order valence-electron chi connectivity index (χ3n) is 3.94. The fraction of sp³-hybridized carbons (Fsp3) is 0.0909. The number of nitrogens with one attached hydrogen (secondary N) is 1. The van der Waals surface area contributed by atoms with Gasteiger partial charge in [0.1, 0.15) is 5.75 Å². The van der Waals surface area contributed by atoms with E-state index in [0.717, 1.165) is 11.1 Å². The van der Waals surface area contributed by atoms with Crippen LogP contribution in [0.15, 0.2) is 78.9 Å². The molecule has 0 heterocycles. The average molecular weight is 397 g/mol. The van der Waals surface area contributed by atoms with Crippen LogP contribution in [-0.4, -0.2) is 25.1 Å². The van der Waals surface area contributed by atoms with Gasteiger partial charge in [-0.15, -0.1) is 0 Å². The van der Waals surface area contributed by atoms with Gasteiger partial charge in [-0.1, -0.05) is 54.6 Å². The molecule has 0 saturated heterocycles. The van der Waals surface area contributed by atoms with Gasteiger partial charge in [-0.05, 0) is 35.4 Å². The largest absolute Gasteiger partial charge is 0.452 e. The molecule has 0 spiro atoms. The van der Waals surface area contributed by atoms with Crippen molar-refractivity contribution in [3.05, 3.63) is 84.4 Å². The van der Waals surface area contributed by atoms with Gasteiger partial charge in [-0.3, -0.25) is 4.79 Å². The van der Waals surface area contributed by atoms with Gasteiger partial charge < -0.3 is 14.8 Å². The zero-order valence-corrected chi connectivity index (χ0v) is 15.2. The minimum absolute atomic E-state index is 0.0565. The van der Waals surface area contributed by atoms with Gasteiger partial charge in [0.25, 0.3) is 5.91 Å². The number of carbonyl (C=O) groups is 2. The molecule has 1 N–H and O–H groups in total. The number of ether oxygens (including phenoxy) is 2. The van der Waals surface area contributed by atoms with E-state index in [9.17, 15) is 18.4 Å². The summed E-state index contributed by atoms with van der Waals surface area (Å²) in [4.78, 5) is 24.1. The normalized spacial score (nSPS) is 10.4. The van der Waals surface area contributed by atoms with Crippen LogP contribution in [0.3, 0.4) is 0 Å². The highest BCUT2D eigenvalue weighted by Crippen LogP contribution is 2.25. The molecule has 0 atom stereocenters. The maximum atomic E-state index is 12.4. The number of para-hydroxylation sites is 2. The first-order valence-electron chi connectivity index (χ1n) is 8.69. The highest BCUT2D eigenvalue weighted by atomic mass is 19.3. The van der Waals surface area contributed by atoms with Crippen LogP contribution in [0, 0.1) is 0 Å². The molecule has 7 heteroatoms. The second-order valence-electron chi connectivity index (χ2n) is 5.94. The van der Waals surface area contributed by atoms with Crippen molar-refractivity contribution in [2.45, 2.75) is 6.61 Å². The predicted octanol–water partition coefficient (Wildman–Crippen LogP) is 4.75. The SMILES string of the molecule is O=C(COC(=O)c1ccc(-c2ccccc2)cc1)Nc1ccccc1OC(F)F. The fourth-order valence-electron chi connectivity index (χ4n) is 2.60.